The predicted molar refractivity (Wildman–Crippen MR) is 70.5 cm³/mol. The summed E-state index contributed by atoms with van der Waals surface area (Å²) in [5, 5.41) is 0. The zero-order valence-electron chi connectivity index (χ0n) is 10.6. The van der Waals surface area contributed by atoms with Crippen LogP contribution in [-0.2, 0) is 0 Å². The van der Waals surface area contributed by atoms with Crippen molar-refractivity contribution >= 4 is 0 Å². The third-order valence-corrected chi connectivity index (χ3v) is 3.06. The molecular formula is C14H19N3. The fourth-order valence-electron chi connectivity index (χ4n) is 1.83. The lowest BCUT2D eigenvalue weighted by Crippen LogP contribution is -2.18. The molecule has 3 heteroatoms. The number of rotatable bonds is 3. The zero-order chi connectivity index (χ0) is 12.4. The quantitative estimate of drug-likeness (QED) is 0.850. The molecule has 1 unspecified atom stereocenters. The Kier molecular flexibility index (Phi) is 3.29. The van der Waals surface area contributed by atoms with Crippen LogP contribution in [0.4, 0.5) is 0 Å². The van der Waals surface area contributed by atoms with Crippen molar-refractivity contribution in [2.75, 3.05) is 0 Å². The molecule has 17 heavy (non-hydrogen) atoms. The van der Waals surface area contributed by atoms with Gasteiger partial charge in [0.25, 0.3) is 0 Å². The Morgan fingerprint density at radius 2 is 1.94 bits per heavy atom. The summed E-state index contributed by atoms with van der Waals surface area (Å²) in [6, 6.07) is 8.22. The van der Waals surface area contributed by atoms with Crippen LogP contribution < -0.4 is 5.73 Å². The van der Waals surface area contributed by atoms with Crippen molar-refractivity contribution in [3.05, 3.63) is 41.9 Å². The van der Waals surface area contributed by atoms with E-state index in [2.05, 4.69) is 42.9 Å². The highest BCUT2D eigenvalue weighted by molar-refractivity contribution is 5.62. The highest BCUT2D eigenvalue weighted by Crippen LogP contribution is 2.23. The molecular weight excluding hydrogens is 210 g/mol. The van der Waals surface area contributed by atoms with Gasteiger partial charge >= 0.3 is 0 Å². The fraction of sp³-hybridized carbons (Fsp3) is 0.357. The molecule has 0 saturated heterocycles. The number of imidazole rings is 1. The van der Waals surface area contributed by atoms with Gasteiger partial charge in [-0.05, 0) is 18.4 Å². The third kappa shape index (κ3) is 2.39. The molecule has 0 aliphatic heterocycles. The molecule has 0 saturated carbocycles. The standard InChI is InChI=1S/C14H19N3/c1-9(2)13(15)14-16-8-12(17-14)11-7-5-4-6-10(11)3/h4-9,13H,15H2,1-3H3,(H,16,17). The molecule has 0 bridgehead atoms. The average molecular weight is 229 g/mol. The van der Waals surface area contributed by atoms with Crippen LogP contribution in [0.2, 0.25) is 0 Å². The van der Waals surface area contributed by atoms with Crippen LogP contribution in [0.25, 0.3) is 11.3 Å². The molecule has 1 aromatic carbocycles. The van der Waals surface area contributed by atoms with Crippen LogP contribution in [0, 0.1) is 12.8 Å². The number of aromatic nitrogens is 2. The van der Waals surface area contributed by atoms with E-state index in [-0.39, 0.29) is 6.04 Å². The molecule has 2 aromatic rings. The summed E-state index contributed by atoms with van der Waals surface area (Å²) in [5.41, 5.74) is 9.53. The predicted octanol–water partition coefficient (Wildman–Crippen LogP) is 3.04. The highest BCUT2D eigenvalue weighted by atomic mass is 15.0. The molecule has 1 heterocycles. The number of nitrogens with two attached hydrogens (primary N) is 1. The Morgan fingerprint density at radius 3 is 2.59 bits per heavy atom. The van der Waals surface area contributed by atoms with Crippen molar-refractivity contribution in [3.63, 3.8) is 0 Å². The third-order valence-electron chi connectivity index (χ3n) is 3.06. The summed E-state index contributed by atoms with van der Waals surface area (Å²) in [4.78, 5) is 7.69. The smallest absolute Gasteiger partial charge is 0.123 e. The number of hydrogen-bond acceptors (Lipinski definition) is 2. The Labute approximate surface area is 102 Å². The number of aromatic amines is 1. The molecule has 0 amide bonds. The number of hydrogen-bond donors (Lipinski definition) is 2. The van der Waals surface area contributed by atoms with E-state index in [0.29, 0.717) is 5.92 Å². The van der Waals surface area contributed by atoms with Crippen molar-refractivity contribution in [1.82, 2.24) is 9.97 Å². The number of aryl methyl sites for hydroxylation is 1. The van der Waals surface area contributed by atoms with Crippen molar-refractivity contribution < 1.29 is 0 Å². The first-order valence-corrected chi connectivity index (χ1v) is 5.96. The summed E-state index contributed by atoms with van der Waals surface area (Å²) >= 11 is 0. The zero-order valence-corrected chi connectivity index (χ0v) is 10.6. The van der Waals surface area contributed by atoms with Gasteiger partial charge in [0.2, 0.25) is 0 Å². The lowest BCUT2D eigenvalue weighted by Gasteiger charge is -2.12. The number of nitrogens with zero attached hydrogens (tertiary/aromatic N) is 1. The van der Waals surface area contributed by atoms with Crippen LogP contribution in [-0.4, -0.2) is 9.97 Å². The second-order valence-corrected chi connectivity index (χ2v) is 4.77. The fourth-order valence-corrected chi connectivity index (χ4v) is 1.83. The minimum absolute atomic E-state index is 0.0345. The lowest BCUT2D eigenvalue weighted by atomic mass is 10.1. The van der Waals surface area contributed by atoms with Crippen LogP contribution in [0.3, 0.4) is 0 Å². The molecule has 3 nitrogen and oxygen atoms in total. The second kappa shape index (κ2) is 4.72. The Bertz CT molecular complexity index is 500. The maximum absolute atomic E-state index is 6.07. The van der Waals surface area contributed by atoms with E-state index in [1.54, 1.807) is 0 Å². The highest BCUT2D eigenvalue weighted by Gasteiger charge is 2.14. The van der Waals surface area contributed by atoms with Crippen molar-refractivity contribution in [2.45, 2.75) is 26.8 Å². The molecule has 0 fully saturated rings. The largest absolute Gasteiger partial charge is 0.341 e. The summed E-state index contributed by atoms with van der Waals surface area (Å²) < 4.78 is 0. The van der Waals surface area contributed by atoms with Gasteiger partial charge in [0, 0.05) is 5.56 Å². The Balaban J connectivity index is 2.34. The topological polar surface area (TPSA) is 54.7 Å². The molecule has 1 atom stereocenters. The second-order valence-electron chi connectivity index (χ2n) is 4.77. The van der Waals surface area contributed by atoms with Gasteiger partial charge in [-0.1, -0.05) is 38.1 Å². The molecule has 0 aliphatic carbocycles. The monoisotopic (exact) mass is 229 g/mol. The van der Waals surface area contributed by atoms with Gasteiger partial charge in [0.05, 0.1) is 17.9 Å². The van der Waals surface area contributed by atoms with Gasteiger partial charge in [0.15, 0.2) is 0 Å². The van der Waals surface area contributed by atoms with E-state index in [1.807, 2.05) is 18.3 Å². The molecule has 0 radical (unpaired) electrons. The van der Waals surface area contributed by atoms with E-state index in [4.69, 9.17) is 5.73 Å². The van der Waals surface area contributed by atoms with Gasteiger partial charge in [0.1, 0.15) is 5.82 Å². The first-order valence-electron chi connectivity index (χ1n) is 5.96. The molecule has 0 aliphatic rings. The summed E-state index contributed by atoms with van der Waals surface area (Å²) in [7, 11) is 0. The number of benzene rings is 1. The van der Waals surface area contributed by atoms with Gasteiger partial charge in [-0.15, -0.1) is 0 Å². The lowest BCUT2D eigenvalue weighted by molar-refractivity contribution is 0.494. The normalized spacial score (nSPS) is 13.0. The van der Waals surface area contributed by atoms with E-state index >= 15 is 0 Å². The average Bonchev–Trinajstić information content (AvgIpc) is 2.77. The summed E-state index contributed by atoms with van der Waals surface area (Å²) in [6.07, 6.45) is 1.86. The first kappa shape index (κ1) is 11.9. The van der Waals surface area contributed by atoms with Crippen molar-refractivity contribution in [3.8, 4) is 11.3 Å². The minimum atomic E-state index is -0.0345. The maximum atomic E-state index is 6.07. The number of H-pyrrole nitrogens is 1. The van der Waals surface area contributed by atoms with Crippen LogP contribution in [0.1, 0.15) is 31.3 Å². The SMILES string of the molecule is Cc1ccccc1-c1cnc(C(N)C(C)C)[nH]1. The van der Waals surface area contributed by atoms with Crippen molar-refractivity contribution in [1.29, 1.82) is 0 Å². The molecule has 1 aromatic heterocycles. The molecule has 90 valence electrons. The summed E-state index contributed by atoms with van der Waals surface area (Å²) in [5.74, 6) is 1.24. The molecule has 0 spiro atoms. The van der Waals surface area contributed by atoms with Gasteiger partial charge < -0.3 is 10.7 Å². The van der Waals surface area contributed by atoms with Crippen LogP contribution in [0.5, 0.6) is 0 Å². The first-order chi connectivity index (χ1) is 8.09. The minimum Gasteiger partial charge on any atom is -0.341 e. The van der Waals surface area contributed by atoms with Crippen LogP contribution in [0.15, 0.2) is 30.5 Å². The van der Waals surface area contributed by atoms with E-state index in [1.165, 1.54) is 11.1 Å². The van der Waals surface area contributed by atoms with Gasteiger partial charge in [-0.3, -0.25) is 0 Å². The summed E-state index contributed by atoms with van der Waals surface area (Å²) in [6.45, 7) is 6.29. The Morgan fingerprint density at radius 1 is 1.24 bits per heavy atom. The van der Waals surface area contributed by atoms with E-state index in [9.17, 15) is 0 Å². The molecule has 3 N–H and O–H groups in total. The van der Waals surface area contributed by atoms with E-state index < -0.39 is 0 Å². The van der Waals surface area contributed by atoms with Crippen molar-refractivity contribution in [2.24, 2.45) is 11.7 Å². The molecule has 2 rings (SSSR count). The number of nitrogens with one attached hydrogen (secondary N) is 1. The Hall–Kier alpha value is -1.61. The maximum Gasteiger partial charge on any atom is 0.123 e. The van der Waals surface area contributed by atoms with Gasteiger partial charge in [-0.2, -0.15) is 0 Å². The van der Waals surface area contributed by atoms with Gasteiger partial charge in [-0.25, -0.2) is 4.98 Å². The van der Waals surface area contributed by atoms with E-state index in [0.717, 1.165) is 11.5 Å². The van der Waals surface area contributed by atoms with Crippen LogP contribution >= 0.6 is 0 Å².